The van der Waals surface area contributed by atoms with Crippen LogP contribution in [0.1, 0.15) is 41.6 Å². The van der Waals surface area contributed by atoms with Crippen LogP contribution >= 0.6 is 11.6 Å². The second-order valence-corrected chi connectivity index (χ2v) is 10.9. The zero-order chi connectivity index (χ0) is 31.5. The van der Waals surface area contributed by atoms with Gasteiger partial charge in [0.15, 0.2) is 0 Å². The molecule has 232 valence electrons. The van der Waals surface area contributed by atoms with E-state index in [-0.39, 0.29) is 18.4 Å². The molecule has 2 aromatic carbocycles. The van der Waals surface area contributed by atoms with Crippen LogP contribution in [0, 0.1) is 5.92 Å². The number of anilines is 1. The largest absolute Gasteiger partial charge is 0.573 e. The third-order valence-electron chi connectivity index (χ3n) is 7.23. The fourth-order valence-corrected chi connectivity index (χ4v) is 5.17. The molecule has 1 aliphatic rings. The van der Waals surface area contributed by atoms with E-state index in [1.807, 2.05) is 6.07 Å². The molecule has 0 radical (unpaired) electrons. The van der Waals surface area contributed by atoms with Crippen molar-refractivity contribution in [3.05, 3.63) is 58.6 Å². The van der Waals surface area contributed by atoms with Crippen LogP contribution in [0.5, 0.6) is 5.75 Å². The average molecular weight is 624 g/mol. The van der Waals surface area contributed by atoms with Gasteiger partial charge in [0, 0.05) is 52.0 Å². The molecule has 2 aromatic rings. The molecule has 7 nitrogen and oxygen atoms in total. The van der Waals surface area contributed by atoms with Crippen LogP contribution in [0.3, 0.4) is 0 Å². The maximum Gasteiger partial charge on any atom is 0.573 e. The van der Waals surface area contributed by atoms with Crippen molar-refractivity contribution in [2.75, 3.05) is 45.7 Å². The van der Waals surface area contributed by atoms with E-state index in [1.54, 1.807) is 26.2 Å². The summed E-state index contributed by atoms with van der Waals surface area (Å²) in [5.74, 6) is -2.66. The van der Waals surface area contributed by atoms with Gasteiger partial charge in [-0.25, -0.2) is 0 Å². The summed E-state index contributed by atoms with van der Waals surface area (Å²) in [6.45, 7) is 1.29. The Kier molecular flexibility index (Phi) is 10.3. The van der Waals surface area contributed by atoms with E-state index in [0.29, 0.717) is 42.6 Å². The van der Waals surface area contributed by atoms with Crippen LogP contribution in [0.2, 0.25) is 5.02 Å². The quantitative estimate of drug-likeness (QED) is 0.355. The highest BCUT2D eigenvalue weighted by Crippen LogP contribution is 2.42. The summed E-state index contributed by atoms with van der Waals surface area (Å²) < 4.78 is 83.3. The molecule has 1 atom stereocenters. The van der Waals surface area contributed by atoms with Gasteiger partial charge < -0.3 is 24.5 Å². The van der Waals surface area contributed by atoms with E-state index in [2.05, 4.69) is 9.64 Å². The first-order valence-electron chi connectivity index (χ1n) is 13.1. The zero-order valence-electron chi connectivity index (χ0n) is 23.2. The first-order chi connectivity index (χ1) is 19.4. The summed E-state index contributed by atoms with van der Waals surface area (Å²) in [6.07, 6.45) is -8.15. The molecule has 1 heterocycles. The number of halogens is 7. The SMILES string of the molecule is CN(C)C(=O)c1ccc(N2CCC(CCCN(C)C(=O)[C@](O)(c3cccc(OC(F)(F)F)c3)C(F)(F)F)CC2)cc1Cl. The Bertz CT molecular complexity index is 1260. The first-order valence-corrected chi connectivity index (χ1v) is 13.5. The van der Waals surface area contributed by atoms with Gasteiger partial charge in [0.2, 0.25) is 0 Å². The molecule has 42 heavy (non-hydrogen) atoms. The minimum atomic E-state index is -5.51. The molecule has 2 amide bonds. The fourth-order valence-electron chi connectivity index (χ4n) is 4.92. The number of hydrogen-bond acceptors (Lipinski definition) is 5. The van der Waals surface area contributed by atoms with Crippen molar-refractivity contribution >= 4 is 29.1 Å². The minimum Gasteiger partial charge on any atom is -0.406 e. The first kappa shape index (κ1) is 33.3. The van der Waals surface area contributed by atoms with Gasteiger partial charge in [0.1, 0.15) is 5.75 Å². The van der Waals surface area contributed by atoms with Crippen LogP contribution in [0.15, 0.2) is 42.5 Å². The number of hydrogen-bond donors (Lipinski definition) is 1. The van der Waals surface area contributed by atoms with Crippen LogP contribution in [0.25, 0.3) is 0 Å². The minimum absolute atomic E-state index is 0.104. The van der Waals surface area contributed by atoms with E-state index in [0.717, 1.165) is 48.7 Å². The Morgan fingerprint density at radius 2 is 1.67 bits per heavy atom. The molecule has 0 bridgehead atoms. The molecule has 0 aromatic heterocycles. The number of rotatable bonds is 9. The van der Waals surface area contributed by atoms with E-state index in [4.69, 9.17) is 11.6 Å². The van der Waals surface area contributed by atoms with Gasteiger partial charge in [-0.3, -0.25) is 9.59 Å². The van der Waals surface area contributed by atoms with Crippen molar-refractivity contribution in [3.8, 4) is 5.75 Å². The molecule has 1 fully saturated rings. The van der Waals surface area contributed by atoms with Crippen molar-refractivity contribution in [2.24, 2.45) is 5.92 Å². The molecule has 0 unspecified atom stereocenters. The summed E-state index contributed by atoms with van der Waals surface area (Å²) in [4.78, 5) is 29.4. The second kappa shape index (κ2) is 13.0. The fraction of sp³-hybridized carbons (Fsp3) is 0.500. The molecular weight excluding hydrogens is 592 g/mol. The Hall–Kier alpha value is -3.19. The van der Waals surface area contributed by atoms with Gasteiger partial charge in [-0.05, 0) is 61.9 Å². The van der Waals surface area contributed by atoms with E-state index >= 15 is 0 Å². The maximum absolute atomic E-state index is 14.0. The third-order valence-corrected chi connectivity index (χ3v) is 7.54. The lowest BCUT2D eigenvalue weighted by Gasteiger charge is -2.35. The molecular formula is C28H32ClF6N3O4. The van der Waals surface area contributed by atoms with Gasteiger partial charge >= 0.3 is 12.5 Å². The summed E-state index contributed by atoms with van der Waals surface area (Å²) in [5.41, 5.74) is -3.87. The number of benzene rings is 2. The molecule has 0 aliphatic carbocycles. The lowest BCUT2D eigenvalue weighted by atomic mass is 9.90. The number of carbonyl (C=O) groups is 2. The van der Waals surface area contributed by atoms with Gasteiger partial charge in [-0.2, -0.15) is 13.2 Å². The molecule has 0 spiro atoms. The number of likely N-dealkylation sites (N-methyl/N-ethyl adjacent to an activating group) is 1. The molecule has 1 saturated heterocycles. The Morgan fingerprint density at radius 1 is 1.02 bits per heavy atom. The van der Waals surface area contributed by atoms with Gasteiger partial charge in [0.05, 0.1) is 10.6 Å². The van der Waals surface area contributed by atoms with Gasteiger partial charge in [-0.1, -0.05) is 23.7 Å². The average Bonchev–Trinajstić information content (AvgIpc) is 2.90. The number of amides is 2. The molecule has 3 rings (SSSR count). The number of aliphatic hydroxyl groups is 1. The number of ether oxygens (including phenoxy) is 1. The Labute approximate surface area is 244 Å². The topological polar surface area (TPSA) is 73.3 Å². The van der Waals surface area contributed by atoms with Crippen molar-refractivity contribution in [2.45, 2.75) is 43.8 Å². The maximum atomic E-state index is 14.0. The van der Waals surface area contributed by atoms with Gasteiger partial charge in [0.25, 0.3) is 17.4 Å². The molecule has 14 heteroatoms. The van der Waals surface area contributed by atoms with Crippen molar-refractivity contribution in [3.63, 3.8) is 0 Å². The monoisotopic (exact) mass is 623 g/mol. The lowest BCUT2D eigenvalue weighted by Crippen LogP contribution is -2.55. The highest BCUT2D eigenvalue weighted by molar-refractivity contribution is 6.34. The Morgan fingerprint density at radius 3 is 2.21 bits per heavy atom. The van der Waals surface area contributed by atoms with Crippen LogP contribution in [0.4, 0.5) is 32.0 Å². The normalized spacial score (nSPS) is 16.1. The van der Waals surface area contributed by atoms with Crippen molar-refractivity contribution in [1.82, 2.24) is 9.80 Å². The van der Waals surface area contributed by atoms with Gasteiger partial charge in [-0.15, -0.1) is 13.2 Å². The highest BCUT2D eigenvalue weighted by atomic mass is 35.5. The van der Waals surface area contributed by atoms with Crippen LogP contribution in [-0.2, 0) is 10.4 Å². The van der Waals surface area contributed by atoms with Crippen molar-refractivity contribution in [1.29, 1.82) is 0 Å². The van der Waals surface area contributed by atoms with Crippen LogP contribution < -0.4 is 9.64 Å². The lowest BCUT2D eigenvalue weighted by molar-refractivity contribution is -0.274. The predicted octanol–water partition coefficient (Wildman–Crippen LogP) is 5.85. The summed E-state index contributed by atoms with van der Waals surface area (Å²) in [5, 5.41) is 10.9. The third kappa shape index (κ3) is 7.80. The smallest absolute Gasteiger partial charge is 0.406 e. The highest BCUT2D eigenvalue weighted by Gasteiger charge is 2.61. The number of alkyl halides is 6. The van der Waals surface area contributed by atoms with E-state index in [9.17, 15) is 41.0 Å². The number of piperidine rings is 1. The number of carbonyl (C=O) groups excluding carboxylic acids is 2. The predicted molar refractivity (Wildman–Crippen MR) is 144 cm³/mol. The number of nitrogens with zero attached hydrogens (tertiary/aromatic N) is 3. The van der Waals surface area contributed by atoms with Crippen molar-refractivity contribution < 1.29 is 45.8 Å². The molecule has 0 saturated carbocycles. The summed E-state index contributed by atoms with van der Waals surface area (Å²) >= 11 is 6.33. The molecule has 1 N–H and O–H groups in total. The Balaban J connectivity index is 1.58. The summed E-state index contributed by atoms with van der Waals surface area (Å²) in [7, 11) is 4.38. The summed E-state index contributed by atoms with van der Waals surface area (Å²) in [6, 6.07) is 7.92. The second-order valence-electron chi connectivity index (χ2n) is 10.4. The van der Waals surface area contributed by atoms with E-state index in [1.165, 1.54) is 4.90 Å². The van der Waals surface area contributed by atoms with E-state index < -0.39 is 35.4 Å². The standard InChI is InChI=1S/C28H32ClF6N3O4/c1-36(2)24(39)22-10-9-20(17-23(22)29)38-14-11-18(12-15-38)6-5-13-37(3)25(40)26(41,27(30,31)32)19-7-4-8-21(16-19)42-28(33,34)35/h4,7-10,16-18,41H,5-6,11-15H2,1-3H3/t26-/m1/s1. The van der Waals surface area contributed by atoms with Crippen LogP contribution in [-0.4, -0.2) is 80.0 Å². The molecule has 1 aliphatic heterocycles. The zero-order valence-corrected chi connectivity index (χ0v) is 24.0.